The Balaban J connectivity index is 2.60. The average molecular weight is 273 g/mol. The van der Waals surface area contributed by atoms with Crippen LogP contribution >= 0.6 is 0 Å². The highest BCUT2D eigenvalue weighted by Crippen LogP contribution is 2.29. The summed E-state index contributed by atoms with van der Waals surface area (Å²) in [4.78, 5) is 23.1. The molecule has 0 N–H and O–H groups in total. The van der Waals surface area contributed by atoms with E-state index >= 15 is 0 Å². The summed E-state index contributed by atoms with van der Waals surface area (Å²) >= 11 is 0. The number of hydrogen-bond donors (Lipinski definition) is 0. The van der Waals surface area contributed by atoms with E-state index in [1.807, 2.05) is 6.21 Å². The third kappa shape index (κ3) is 2.89. The Morgan fingerprint density at radius 3 is 2.60 bits per heavy atom. The number of aryl methyl sites for hydroxylation is 1. The van der Waals surface area contributed by atoms with Crippen molar-refractivity contribution in [2.75, 3.05) is 14.1 Å². The van der Waals surface area contributed by atoms with Gasteiger partial charge in [-0.25, -0.2) is 4.98 Å². The predicted octanol–water partition coefficient (Wildman–Crippen LogP) is 2.60. The van der Waals surface area contributed by atoms with Gasteiger partial charge in [-0.3, -0.25) is 9.79 Å². The maximum atomic E-state index is 12.4. The summed E-state index contributed by atoms with van der Waals surface area (Å²) in [5.41, 5.74) is 3.65. The molecule has 2 rings (SSSR count). The van der Waals surface area contributed by atoms with Crippen molar-refractivity contribution in [3.05, 3.63) is 28.6 Å². The van der Waals surface area contributed by atoms with E-state index in [9.17, 15) is 4.79 Å². The molecule has 0 saturated heterocycles. The molecule has 1 aromatic rings. The second kappa shape index (κ2) is 5.35. The molecule has 1 aliphatic heterocycles. The number of pyridine rings is 1. The van der Waals surface area contributed by atoms with Gasteiger partial charge >= 0.3 is 0 Å². The fourth-order valence-corrected chi connectivity index (χ4v) is 2.35. The summed E-state index contributed by atoms with van der Waals surface area (Å²) in [6, 6.07) is 2.13. The van der Waals surface area contributed by atoms with E-state index in [0.717, 1.165) is 29.7 Å². The molecule has 0 unspecified atom stereocenters. The van der Waals surface area contributed by atoms with Crippen LogP contribution in [0, 0.1) is 0 Å². The monoisotopic (exact) mass is 273 g/mol. The standard InChI is InChI=1S/C16H23N3O/c1-16(2,3)12-9-11-10-17-8-6-7-13(11)18-14(12)15(20)19(4)5/h8-9H,6-7,10H2,1-5H3. The van der Waals surface area contributed by atoms with Crippen molar-refractivity contribution < 1.29 is 4.79 Å². The van der Waals surface area contributed by atoms with E-state index in [1.54, 1.807) is 19.0 Å². The first-order valence-corrected chi connectivity index (χ1v) is 7.04. The molecule has 0 saturated carbocycles. The first kappa shape index (κ1) is 14.7. The zero-order valence-electron chi connectivity index (χ0n) is 13.0. The Morgan fingerprint density at radius 2 is 2.00 bits per heavy atom. The van der Waals surface area contributed by atoms with E-state index in [0.29, 0.717) is 12.2 Å². The molecule has 0 aromatic carbocycles. The molecule has 1 amide bonds. The number of amides is 1. The van der Waals surface area contributed by atoms with Crippen molar-refractivity contribution in [2.45, 2.75) is 45.6 Å². The summed E-state index contributed by atoms with van der Waals surface area (Å²) in [7, 11) is 3.54. The van der Waals surface area contributed by atoms with E-state index in [-0.39, 0.29) is 11.3 Å². The van der Waals surface area contributed by atoms with Crippen molar-refractivity contribution >= 4 is 12.1 Å². The first-order chi connectivity index (χ1) is 9.30. The fourth-order valence-electron chi connectivity index (χ4n) is 2.35. The number of carbonyl (C=O) groups excluding carboxylic acids is 1. The fraction of sp³-hybridized carbons (Fsp3) is 0.562. The van der Waals surface area contributed by atoms with Crippen molar-refractivity contribution in [1.82, 2.24) is 9.88 Å². The summed E-state index contributed by atoms with van der Waals surface area (Å²) in [6.45, 7) is 7.01. The van der Waals surface area contributed by atoms with Crippen LogP contribution in [0.15, 0.2) is 11.1 Å². The second-order valence-electron chi connectivity index (χ2n) is 6.50. The second-order valence-corrected chi connectivity index (χ2v) is 6.50. The maximum absolute atomic E-state index is 12.4. The van der Waals surface area contributed by atoms with Crippen molar-refractivity contribution in [1.29, 1.82) is 0 Å². The number of rotatable bonds is 1. The van der Waals surface area contributed by atoms with Crippen LogP contribution in [-0.2, 0) is 18.4 Å². The topological polar surface area (TPSA) is 45.6 Å². The van der Waals surface area contributed by atoms with Gasteiger partial charge in [0.2, 0.25) is 0 Å². The van der Waals surface area contributed by atoms with E-state index in [2.05, 4.69) is 36.8 Å². The zero-order valence-corrected chi connectivity index (χ0v) is 13.0. The van der Waals surface area contributed by atoms with Crippen molar-refractivity contribution in [3.63, 3.8) is 0 Å². The first-order valence-electron chi connectivity index (χ1n) is 7.04. The summed E-state index contributed by atoms with van der Waals surface area (Å²) < 4.78 is 0. The summed E-state index contributed by atoms with van der Waals surface area (Å²) in [6.07, 6.45) is 3.70. The minimum atomic E-state index is -0.112. The Kier molecular flexibility index (Phi) is 3.93. The molecule has 4 heteroatoms. The number of aliphatic imine (C=N–C) groups is 1. The number of aromatic nitrogens is 1. The van der Waals surface area contributed by atoms with Gasteiger partial charge in [-0.05, 0) is 41.7 Å². The van der Waals surface area contributed by atoms with Crippen LogP contribution in [0.2, 0.25) is 0 Å². The lowest BCUT2D eigenvalue weighted by atomic mass is 9.84. The number of hydrogen-bond acceptors (Lipinski definition) is 3. The maximum Gasteiger partial charge on any atom is 0.272 e. The number of nitrogens with zero attached hydrogens (tertiary/aromatic N) is 3. The lowest BCUT2D eigenvalue weighted by Gasteiger charge is -2.25. The molecule has 20 heavy (non-hydrogen) atoms. The van der Waals surface area contributed by atoms with E-state index in [4.69, 9.17) is 0 Å². The SMILES string of the molecule is CN(C)C(=O)c1nc2c(cc1C(C)(C)C)CN=CCC2. The largest absolute Gasteiger partial charge is 0.343 e. The normalized spacial score (nSPS) is 14.7. The minimum absolute atomic E-state index is 0.0251. The van der Waals surface area contributed by atoms with Crippen LogP contribution in [-0.4, -0.2) is 36.1 Å². The Hall–Kier alpha value is -1.71. The number of carbonyl (C=O) groups is 1. The molecule has 0 atom stereocenters. The molecule has 2 heterocycles. The van der Waals surface area contributed by atoms with Gasteiger partial charge in [0.1, 0.15) is 5.69 Å². The van der Waals surface area contributed by atoms with Crippen molar-refractivity contribution in [2.24, 2.45) is 4.99 Å². The molecule has 1 aromatic heterocycles. The zero-order chi connectivity index (χ0) is 14.9. The predicted molar refractivity (Wildman–Crippen MR) is 81.5 cm³/mol. The molecule has 0 aliphatic carbocycles. The summed E-state index contributed by atoms with van der Waals surface area (Å²) in [5, 5.41) is 0. The molecule has 1 aliphatic rings. The molecule has 0 spiro atoms. The van der Waals surface area contributed by atoms with E-state index in [1.165, 1.54) is 0 Å². The molecular formula is C16H23N3O. The van der Waals surface area contributed by atoms with Gasteiger partial charge in [-0.2, -0.15) is 0 Å². The van der Waals surface area contributed by atoms with Crippen LogP contribution in [0.5, 0.6) is 0 Å². The van der Waals surface area contributed by atoms with Crippen LogP contribution in [0.25, 0.3) is 0 Å². The minimum Gasteiger partial charge on any atom is -0.343 e. The highest BCUT2D eigenvalue weighted by molar-refractivity contribution is 5.94. The average Bonchev–Trinajstić information content (AvgIpc) is 2.59. The Bertz CT molecular complexity index is 554. The summed E-state index contributed by atoms with van der Waals surface area (Å²) in [5.74, 6) is -0.0251. The highest BCUT2D eigenvalue weighted by atomic mass is 16.2. The van der Waals surface area contributed by atoms with Crippen LogP contribution in [0.1, 0.15) is 54.5 Å². The molecule has 4 nitrogen and oxygen atoms in total. The molecular weight excluding hydrogens is 250 g/mol. The van der Waals surface area contributed by atoms with Gasteiger partial charge < -0.3 is 4.90 Å². The Morgan fingerprint density at radius 1 is 1.30 bits per heavy atom. The third-order valence-electron chi connectivity index (χ3n) is 3.51. The third-order valence-corrected chi connectivity index (χ3v) is 3.51. The van der Waals surface area contributed by atoms with Gasteiger partial charge in [-0.1, -0.05) is 20.8 Å². The quantitative estimate of drug-likeness (QED) is 0.789. The van der Waals surface area contributed by atoms with Gasteiger partial charge in [0.05, 0.1) is 6.54 Å². The molecule has 0 fully saturated rings. The van der Waals surface area contributed by atoms with Crippen LogP contribution < -0.4 is 0 Å². The lowest BCUT2D eigenvalue weighted by molar-refractivity contribution is 0.0819. The molecule has 0 radical (unpaired) electrons. The van der Waals surface area contributed by atoms with Gasteiger partial charge in [0.25, 0.3) is 5.91 Å². The Labute approximate surface area is 120 Å². The molecule has 108 valence electrons. The van der Waals surface area contributed by atoms with Crippen molar-refractivity contribution in [3.8, 4) is 0 Å². The molecule has 0 bridgehead atoms. The van der Waals surface area contributed by atoms with Gasteiger partial charge in [0.15, 0.2) is 0 Å². The lowest BCUT2D eigenvalue weighted by Crippen LogP contribution is -2.28. The van der Waals surface area contributed by atoms with Crippen LogP contribution in [0.4, 0.5) is 0 Å². The van der Waals surface area contributed by atoms with Crippen LogP contribution in [0.3, 0.4) is 0 Å². The van der Waals surface area contributed by atoms with Gasteiger partial charge in [-0.15, -0.1) is 0 Å². The number of fused-ring (bicyclic) bond motifs is 1. The smallest absolute Gasteiger partial charge is 0.272 e. The van der Waals surface area contributed by atoms with Gasteiger partial charge in [0, 0.05) is 19.8 Å². The highest BCUT2D eigenvalue weighted by Gasteiger charge is 2.26. The van der Waals surface area contributed by atoms with E-state index < -0.39 is 0 Å².